The van der Waals surface area contributed by atoms with E-state index in [1.54, 1.807) is 0 Å². The minimum Gasteiger partial charge on any atom is -0.369 e. The van der Waals surface area contributed by atoms with E-state index < -0.39 is 0 Å². The number of carbonyl (C=O) groups is 1. The van der Waals surface area contributed by atoms with Gasteiger partial charge in [0.05, 0.1) is 5.92 Å². The smallest absolute Gasteiger partial charge is 0.221 e. The molecule has 1 rings (SSSR count). The molecule has 0 aromatic carbocycles. The molecule has 3 heteroatoms. The Hall–Kier alpha value is -0.830. The number of hydrogen-bond acceptors (Lipinski definition) is 2. The molecule has 1 aliphatic rings. The number of nitrogens with two attached hydrogens (primary N) is 1. The van der Waals surface area contributed by atoms with Crippen LogP contribution in [0.15, 0.2) is 12.7 Å². The number of nitrogens with zero attached hydrogens (tertiary/aromatic N) is 1. The molecule has 0 aliphatic carbocycles. The van der Waals surface area contributed by atoms with Gasteiger partial charge in [-0.1, -0.05) is 6.08 Å². The highest BCUT2D eigenvalue weighted by molar-refractivity contribution is 5.77. The van der Waals surface area contributed by atoms with E-state index in [4.69, 9.17) is 5.73 Å². The number of carbonyl (C=O) groups excluding carboxylic acids is 1. The third kappa shape index (κ3) is 2.05. The van der Waals surface area contributed by atoms with Crippen molar-refractivity contribution in [2.45, 2.75) is 6.42 Å². The van der Waals surface area contributed by atoms with Crippen molar-refractivity contribution >= 4 is 5.91 Å². The Morgan fingerprint density at radius 1 is 1.82 bits per heavy atom. The summed E-state index contributed by atoms with van der Waals surface area (Å²) in [4.78, 5) is 12.9. The molecule has 2 N–H and O–H groups in total. The van der Waals surface area contributed by atoms with Crippen LogP contribution in [-0.4, -0.2) is 30.4 Å². The molecule has 0 aromatic rings. The van der Waals surface area contributed by atoms with Crippen molar-refractivity contribution in [1.29, 1.82) is 0 Å². The summed E-state index contributed by atoms with van der Waals surface area (Å²) in [7, 11) is 0. The highest BCUT2D eigenvalue weighted by Crippen LogP contribution is 2.14. The van der Waals surface area contributed by atoms with Crippen LogP contribution in [0.3, 0.4) is 0 Å². The molecule has 3 nitrogen and oxygen atoms in total. The fourth-order valence-corrected chi connectivity index (χ4v) is 1.41. The molecule has 0 spiro atoms. The average Bonchev–Trinajstić information content (AvgIpc) is 2.37. The highest BCUT2D eigenvalue weighted by atomic mass is 16.1. The number of amides is 1. The van der Waals surface area contributed by atoms with Gasteiger partial charge >= 0.3 is 0 Å². The van der Waals surface area contributed by atoms with Crippen molar-refractivity contribution in [2.75, 3.05) is 19.6 Å². The van der Waals surface area contributed by atoms with Gasteiger partial charge in [0.15, 0.2) is 0 Å². The summed E-state index contributed by atoms with van der Waals surface area (Å²) in [5.41, 5.74) is 5.16. The van der Waals surface area contributed by atoms with Crippen molar-refractivity contribution < 1.29 is 4.79 Å². The van der Waals surface area contributed by atoms with Crippen LogP contribution in [0.5, 0.6) is 0 Å². The van der Waals surface area contributed by atoms with Crippen molar-refractivity contribution in [2.24, 2.45) is 11.7 Å². The highest BCUT2D eigenvalue weighted by Gasteiger charge is 2.25. The average molecular weight is 154 g/mol. The minimum atomic E-state index is -0.170. The van der Waals surface area contributed by atoms with Crippen LogP contribution in [0.2, 0.25) is 0 Å². The van der Waals surface area contributed by atoms with Crippen LogP contribution in [0.1, 0.15) is 6.42 Å². The first kappa shape index (κ1) is 8.27. The zero-order chi connectivity index (χ0) is 8.27. The van der Waals surface area contributed by atoms with Crippen molar-refractivity contribution in [3.05, 3.63) is 12.7 Å². The third-order valence-corrected chi connectivity index (χ3v) is 2.06. The molecule has 1 amide bonds. The van der Waals surface area contributed by atoms with E-state index in [9.17, 15) is 4.79 Å². The van der Waals surface area contributed by atoms with Crippen molar-refractivity contribution in [3.8, 4) is 0 Å². The monoisotopic (exact) mass is 154 g/mol. The van der Waals surface area contributed by atoms with Crippen molar-refractivity contribution in [1.82, 2.24) is 4.90 Å². The minimum absolute atomic E-state index is 0.0648. The molecule has 0 radical (unpaired) electrons. The lowest BCUT2D eigenvalue weighted by Gasteiger charge is -2.11. The molecule has 0 aromatic heterocycles. The summed E-state index contributed by atoms with van der Waals surface area (Å²) in [5, 5.41) is 0. The Morgan fingerprint density at radius 3 is 3.00 bits per heavy atom. The molecule has 0 saturated carbocycles. The second-order valence-corrected chi connectivity index (χ2v) is 2.94. The summed E-state index contributed by atoms with van der Waals surface area (Å²) in [5.74, 6) is -0.105. The maximum Gasteiger partial charge on any atom is 0.221 e. The number of likely N-dealkylation sites (tertiary alicyclic amines) is 1. The first-order chi connectivity index (χ1) is 5.24. The van der Waals surface area contributed by atoms with Gasteiger partial charge in [-0.2, -0.15) is 0 Å². The van der Waals surface area contributed by atoms with Crippen LogP contribution in [0.25, 0.3) is 0 Å². The maximum absolute atomic E-state index is 10.7. The van der Waals surface area contributed by atoms with Gasteiger partial charge in [-0.3, -0.25) is 9.69 Å². The van der Waals surface area contributed by atoms with Gasteiger partial charge in [0.2, 0.25) is 5.91 Å². The Bertz CT molecular complexity index is 167. The first-order valence-electron chi connectivity index (χ1n) is 3.86. The molecule has 1 heterocycles. The van der Waals surface area contributed by atoms with Crippen LogP contribution >= 0.6 is 0 Å². The molecule has 1 atom stereocenters. The van der Waals surface area contributed by atoms with E-state index in [1.807, 2.05) is 6.08 Å². The van der Waals surface area contributed by atoms with Gasteiger partial charge < -0.3 is 5.73 Å². The van der Waals surface area contributed by atoms with Gasteiger partial charge in [-0.25, -0.2) is 0 Å². The summed E-state index contributed by atoms with van der Waals surface area (Å²) in [6.07, 6.45) is 2.76. The number of primary amides is 1. The van der Waals surface area contributed by atoms with E-state index in [-0.39, 0.29) is 11.8 Å². The standard InChI is InChI=1S/C8H14N2O/c1-2-4-10-5-3-7(6-10)8(9)11/h2,7H,1,3-6H2,(H2,9,11). The largest absolute Gasteiger partial charge is 0.369 e. The lowest BCUT2D eigenvalue weighted by Crippen LogP contribution is -2.27. The lowest BCUT2D eigenvalue weighted by atomic mass is 10.1. The normalized spacial score (nSPS) is 25.3. The number of rotatable bonds is 3. The molecule has 1 saturated heterocycles. The number of hydrogen-bond donors (Lipinski definition) is 1. The molecular weight excluding hydrogens is 140 g/mol. The Morgan fingerprint density at radius 2 is 2.55 bits per heavy atom. The summed E-state index contributed by atoms with van der Waals surface area (Å²) >= 11 is 0. The topological polar surface area (TPSA) is 46.3 Å². The maximum atomic E-state index is 10.7. The molecule has 1 unspecified atom stereocenters. The Balaban J connectivity index is 2.34. The molecule has 1 aliphatic heterocycles. The van der Waals surface area contributed by atoms with E-state index >= 15 is 0 Å². The van der Waals surface area contributed by atoms with E-state index in [0.29, 0.717) is 0 Å². The predicted octanol–water partition coefficient (Wildman–Crippen LogP) is -0.0204. The first-order valence-corrected chi connectivity index (χ1v) is 3.86. The SMILES string of the molecule is C=CCN1CCC(C(N)=O)C1. The fourth-order valence-electron chi connectivity index (χ4n) is 1.41. The van der Waals surface area contributed by atoms with Gasteiger partial charge in [-0.15, -0.1) is 6.58 Å². The second kappa shape index (κ2) is 3.53. The Kier molecular flexibility index (Phi) is 2.65. The second-order valence-electron chi connectivity index (χ2n) is 2.94. The van der Waals surface area contributed by atoms with Gasteiger partial charge in [0.1, 0.15) is 0 Å². The summed E-state index contributed by atoms with van der Waals surface area (Å²) < 4.78 is 0. The fraction of sp³-hybridized carbons (Fsp3) is 0.625. The molecule has 1 fully saturated rings. The predicted molar refractivity (Wildman–Crippen MR) is 43.9 cm³/mol. The van der Waals surface area contributed by atoms with Gasteiger partial charge in [-0.05, 0) is 13.0 Å². The molecule has 62 valence electrons. The zero-order valence-electron chi connectivity index (χ0n) is 6.62. The van der Waals surface area contributed by atoms with Crippen LogP contribution in [0, 0.1) is 5.92 Å². The molecule has 11 heavy (non-hydrogen) atoms. The van der Waals surface area contributed by atoms with E-state index in [2.05, 4.69) is 11.5 Å². The summed E-state index contributed by atoms with van der Waals surface area (Å²) in [6, 6.07) is 0. The van der Waals surface area contributed by atoms with Crippen molar-refractivity contribution in [3.63, 3.8) is 0 Å². The zero-order valence-corrected chi connectivity index (χ0v) is 6.62. The van der Waals surface area contributed by atoms with Crippen LogP contribution < -0.4 is 5.73 Å². The lowest BCUT2D eigenvalue weighted by molar-refractivity contribution is -0.121. The summed E-state index contributed by atoms with van der Waals surface area (Å²) in [6.45, 7) is 6.28. The van der Waals surface area contributed by atoms with Crippen LogP contribution in [-0.2, 0) is 4.79 Å². The quantitative estimate of drug-likeness (QED) is 0.581. The van der Waals surface area contributed by atoms with E-state index in [0.717, 1.165) is 26.1 Å². The molecular formula is C8H14N2O. The van der Waals surface area contributed by atoms with Crippen LogP contribution in [0.4, 0.5) is 0 Å². The van der Waals surface area contributed by atoms with E-state index in [1.165, 1.54) is 0 Å². The third-order valence-electron chi connectivity index (χ3n) is 2.06. The molecule has 0 bridgehead atoms. The van der Waals surface area contributed by atoms with Gasteiger partial charge in [0.25, 0.3) is 0 Å². The van der Waals surface area contributed by atoms with Gasteiger partial charge in [0, 0.05) is 13.1 Å². The Labute approximate surface area is 66.9 Å².